The van der Waals surface area contributed by atoms with Crippen LogP contribution in [0.3, 0.4) is 0 Å². The predicted molar refractivity (Wildman–Crippen MR) is 405 cm³/mol. The van der Waals surface area contributed by atoms with Gasteiger partial charge >= 0.3 is 64.0 Å². The number of hydrogen-bond donors (Lipinski definition) is 17. The molecule has 0 aliphatic carbocycles. The fraction of sp³-hybridized carbons (Fsp3) is 0.526. The molecular weight excluding hydrogens is 1800 g/mol. The van der Waals surface area contributed by atoms with Gasteiger partial charge in [-0.15, -0.1) is 0 Å². The highest BCUT2D eigenvalue weighted by molar-refractivity contribution is 7.48. The summed E-state index contributed by atoms with van der Waals surface area (Å²) in [6.45, 7) is -6.36. The van der Waals surface area contributed by atoms with E-state index in [1.165, 1.54) is 29.0 Å². The van der Waals surface area contributed by atoms with Crippen molar-refractivity contribution in [3.8, 4) is 0 Å². The molecule has 6 aliphatic rings. The molecule has 124 heavy (non-hydrogen) atoms. The highest BCUT2D eigenvalue weighted by Gasteiger charge is 2.52. The third-order valence-electron chi connectivity index (χ3n) is 19.6. The first-order valence-corrected chi connectivity index (χ1v) is 45.2. The van der Waals surface area contributed by atoms with Crippen molar-refractivity contribution in [3.63, 3.8) is 0 Å². The van der Waals surface area contributed by atoms with Crippen LogP contribution in [-0.2, 0) is 106 Å². The highest BCUT2D eigenvalue weighted by Crippen LogP contribution is 2.57. The minimum atomic E-state index is -5.69. The van der Waals surface area contributed by atoms with Gasteiger partial charge in [0.05, 0.1) is 64.7 Å². The van der Waals surface area contributed by atoms with Crippen molar-refractivity contribution in [2.24, 2.45) is 0 Å². The van der Waals surface area contributed by atoms with Crippen LogP contribution in [0.25, 0.3) is 33.5 Å². The van der Waals surface area contributed by atoms with Crippen LogP contribution < -0.4 is 68.1 Å². The second-order valence-electron chi connectivity index (χ2n) is 28.0. The molecule has 6 fully saturated rings. The maximum Gasteiger partial charge on any atom is 0.472 e. The maximum atomic E-state index is 14.5. The summed E-state index contributed by atoms with van der Waals surface area (Å²) in [5, 5.41) is 10.8. The van der Waals surface area contributed by atoms with Crippen LogP contribution in [0.1, 0.15) is 75.9 Å². The number of aliphatic hydroxyl groups excluding tert-OH is 1. The number of aliphatic hydroxyl groups is 1. The topological polar surface area (TPSA) is 873 Å². The standard InChI is InChI=1S/C57H74N24O37P6/c58-34-1-4-76(55(86)67-34)37-7-22(82)28(108-37)13-103-120(92,93)117-26-11-41(80-20-65-44-47(80)71-53(62)74-50(44)84)112-32(26)17-106-121(94,95)115-24-9-39(78-6-3-36(60)69-57(78)88)110-31(24)16-105-124(100,101)118-27-12-42(81-21-66-45-48(81)72-54(63)75-51(45)85)113-33(27)18-107-122(96,97)114-23-8-38(77-5-2-35(59)68-56(77)87)109-30(23)15-104-123(98,99)116-25-10-40(111-29(25)14-102-119(89,90)91)79-19-64-43-46(79)70-52(61)73-49(43)83/h1-6,19-33,37-42,82H,7-18H2,(H,92,93)(H,94,95)(H,96,97)(H,98,99)(H,100,101)(H2,58,67,86)(H2,59,68,87)(H2,60,69,88)(H2,89,90,91)(H3,61,70,73,83)(H3,62,71,74,84)(H3,63,72,75,85)/t22-,23-,24-,25-,26-,27-,28+,29+,30+,31+,32+,33+,37+,38+,39+,40+,41+,42+/m0/s1. The van der Waals surface area contributed by atoms with Crippen LogP contribution in [0.4, 0.5) is 35.3 Å². The van der Waals surface area contributed by atoms with Crippen molar-refractivity contribution in [2.75, 3.05) is 74.0 Å². The molecule has 67 heteroatoms. The first kappa shape index (κ1) is 89.7. The van der Waals surface area contributed by atoms with E-state index in [-0.39, 0.29) is 69.3 Å². The number of ether oxygens (including phenoxy) is 6. The largest absolute Gasteiger partial charge is 0.472 e. The predicted octanol–water partition coefficient (Wildman–Crippen LogP) is -3.64. The minimum absolute atomic E-state index is 0.106. The molecule has 0 bridgehead atoms. The van der Waals surface area contributed by atoms with Crippen molar-refractivity contribution < 1.29 is 145 Å². The van der Waals surface area contributed by atoms with E-state index in [2.05, 4.69) is 64.3 Å². The zero-order valence-corrected chi connectivity index (χ0v) is 68.2. The van der Waals surface area contributed by atoms with Crippen molar-refractivity contribution in [1.82, 2.24) is 87.2 Å². The molecule has 0 aromatic carbocycles. The Morgan fingerprint density at radius 3 is 0.839 bits per heavy atom. The number of rotatable bonds is 34. The van der Waals surface area contributed by atoms with Gasteiger partial charge in [0.25, 0.3) is 16.7 Å². The Hall–Kier alpha value is -9.13. The quantitative estimate of drug-likeness (QED) is 0.0173. The molecule has 15 heterocycles. The number of nitrogens with zero attached hydrogens (tertiary/aromatic N) is 15. The lowest BCUT2D eigenvalue weighted by Gasteiger charge is -2.26. The number of nitrogen functional groups attached to an aromatic ring is 6. The van der Waals surface area contributed by atoms with Gasteiger partial charge in [-0.25, -0.2) is 56.7 Å². The molecule has 0 amide bonds. The van der Waals surface area contributed by atoms with Crippen LogP contribution >= 0.6 is 46.9 Å². The lowest BCUT2D eigenvalue weighted by atomic mass is 10.2. The van der Waals surface area contributed by atoms with Crippen molar-refractivity contribution in [2.45, 2.75) is 149 Å². The Morgan fingerprint density at radius 2 is 0.581 bits per heavy atom. The van der Waals surface area contributed by atoms with E-state index < -0.39 is 269 Å². The first-order chi connectivity index (χ1) is 58.4. The van der Waals surface area contributed by atoms with Gasteiger partial charge in [-0.05, 0) is 18.2 Å². The lowest BCUT2D eigenvalue weighted by Crippen LogP contribution is -2.32. The number of imidazole rings is 3. The molecule has 9 aromatic heterocycles. The van der Waals surface area contributed by atoms with E-state index in [4.69, 9.17) is 108 Å². The lowest BCUT2D eigenvalue weighted by molar-refractivity contribution is -0.0647. The van der Waals surface area contributed by atoms with Gasteiger partial charge < -0.3 is 102 Å². The molecule has 674 valence electrons. The number of phosphoric acid groups is 6. The summed E-state index contributed by atoms with van der Waals surface area (Å²) >= 11 is 0. The van der Waals surface area contributed by atoms with Gasteiger partial charge in [-0.3, -0.25) is 106 Å². The molecule has 23 atom stereocenters. The second kappa shape index (κ2) is 35.2. The summed E-state index contributed by atoms with van der Waals surface area (Å²) in [6.07, 6.45) is -24.8. The molecule has 0 radical (unpaired) electrons. The first-order valence-electron chi connectivity index (χ1n) is 36.2. The Labute approximate surface area is 686 Å². The number of phosphoric ester groups is 6. The second-order valence-corrected chi connectivity index (χ2v) is 36.3. The van der Waals surface area contributed by atoms with Crippen LogP contribution in [0.15, 0.2) is 84.5 Å². The van der Waals surface area contributed by atoms with Gasteiger partial charge in [0.1, 0.15) is 122 Å². The average Bonchev–Trinajstić information content (AvgIpc) is 1.63. The van der Waals surface area contributed by atoms with E-state index in [0.29, 0.717) is 0 Å². The van der Waals surface area contributed by atoms with Gasteiger partial charge in [-0.2, -0.15) is 29.9 Å². The Morgan fingerprint density at radius 1 is 0.347 bits per heavy atom. The summed E-state index contributed by atoms with van der Waals surface area (Å²) < 4.78 is 184. The third kappa shape index (κ3) is 20.6. The van der Waals surface area contributed by atoms with E-state index in [1.807, 2.05) is 0 Å². The molecule has 6 aliphatic heterocycles. The number of anilines is 6. The van der Waals surface area contributed by atoms with E-state index in [9.17, 15) is 95.5 Å². The molecule has 0 spiro atoms. The number of H-pyrrole nitrogens is 3. The molecule has 6 saturated heterocycles. The van der Waals surface area contributed by atoms with Gasteiger partial charge in [0.2, 0.25) is 17.8 Å². The Kier molecular flexibility index (Phi) is 25.5. The van der Waals surface area contributed by atoms with Crippen molar-refractivity contribution in [3.05, 3.63) is 118 Å². The highest BCUT2D eigenvalue weighted by atomic mass is 31.2. The number of nitrogens with two attached hydrogens (primary N) is 6. The van der Waals surface area contributed by atoms with E-state index in [1.54, 1.807) is 0 Å². The van der Waals surface area contributed by atoms with Gasteiger partial charge in [0.15, 0.2) is 33.5 Å². The maximum absolute atomic E-state index is 14.5. The van der Waals surface area contributed by atoms with Crippen molar-refractivity contribution in [1.29, 1.82) is 0 Å². The number of hydrogen-bond acceptors (Lipinski definition) is 45. The Balaban J connectivity index is 0.636. The van der Waals surface area contributed by atoms with E-state index >= 15 is 0 Å². The van der Waals surface area contributed by atoms with Crippen LogP contribution in [-0.4, -0.2) is 239 Å². The van der Waals surface area contributed by atoms with Crippen LogP contribution in [0, 0.1) is 0 Å². The molecule has 9 aromatic rings. The fourth-order valence-corrected chi connectivity index (χ4v) is 19.3. The van der Waals surface area contributed by atoms with Crippen molar-refractivity contribution >= 4 is 116 Å². The normalized spacial score (nSPS) is 29.2. The van der Waals surface area contributed by atoms with Crippen LogP contribution in [0.5, 0.6) is 0 Å². The minimum Gasteiger partial charge on any atom is -0.390 e. The number of fused-ring (bicyclic) bond motifs is 3. The SMILES string of the molecule is Nc1ccn([C@H]2C[C@H](OP(=O)(O)OC[C@H]3O[C@@H](n4cnc5c(=O)[nH]c(N)nc54)C[C@@H]3OP(=O)(O)OC[C@H]3O[C@@H](n4ccc(N)nc4=O)C[C@@H]3OP(=O)(O)OC[C@H]3O[C@@H](n4cnc5c(=O)[nH]c(N)nc54)C[C@@H]3OP(=O)(O)OC[C@H]3O[C@@H](n4ccc(N)nc4=O)C[C@@H]3O)[C@@H](COP(=O)(O)O[C@H]3C[C@H](n4cnc5c(=O)[nH]c(N)nc54)O[C@@H]3COP(=O)(O)O)O2)c(=O)n1. The molecule has 0 saturated carbocycles. The molecule has 61 nitrogen and oxygen atoms in total. The number of aromatic amines is 3. The molecule has 23 N–H and O–H groups in total. The summed E-state index contributed by atoms with van der Waals surface area (Å²) in [7, 11) is -33.1. The molecular formula is C57H74N24O37P6. The fourth-order valence-electron chi connectivity index (χ4n) is 14.1. The monoisotopic (exact) mass is 1870 g/mol. The summed E-state index contributed by atoms with van der Waals surface area (Å²) in [5.74, 6) is -1.76. The number of nitrogens with one attached hydrogen (secondary N) is 3. The molecule has 5 unspecified atom stereocenters. The van der Waals surface area contributed by atoms with Gasteiger partial charge in [-0.1, -0.05) is 0 Å². The van der Waals surface area contributed by atoms with Crippen LogP contribution in [0.2, 0.25) is 0 Å². The van der Waals surface area contributed by atoms with E-state index in [0.717, 1.165) is 54.2 Å². The Bertz CT molecular complexity index is 6230. The zero-order chi connectivity index (χ0) is 88.6. The zero-order valence-electron chi connectivity index (χ0n) is 62.8. The third-order valence-corrected chi connectivity index (χ3v) is 25.2. The summed E-state index contributed by atoms with van der Waals surface area (Å²) in [5.41, 5.74) is 27.9. The summed E-state index contributed by atoms with van der Waals surface area (Å²) in [4.78, 5) is 196. The number of aromatic nitrogens is 18. The molecule has 15 rings (SSSR count). The average molecular weight is 1870 g/mol. The van der Waals surface area contributed by atoms with Gasteiger partial charge in [0, 0.05) is 57.1 Å². The summed E-state index contributed by atoms with van der Waals surface area (Å²) in [6, 6.07) is 3.62. The smallest absolute Gasteiger partial charge is 0.390 e.